The number of hydrogen-bond acceptors (Lipinski definition) is 5. The van der Waals surface area contributed by atoms with E-state index in [0.717, 1.165) is 36.2 Å². The number of rotatable bonds is 5. The largest absolute Gasteiger partial charge is 0.381 e. The second-order valence-electron chi connectivity index (χ2n) is 4.23. The van der Waals surface area contributed by atoms with Crippen LogP contribution in [0.3, 0.4) is 0 Å². The maximum absolute atomic E-state index is 5.43. The van der Waals surface area contributed by atoms with Gasteiger partial charge < -0.3 is 10.1 Å². The molecule has 1 aromatic rings. The van der Waals surface area contributed by atoms with Crippen LogP contribution in [-0.2, 0) is 11.3 Å². The Balaban J connectivity index is 1.82. The minimum Gasteiger partial charge on any atom is -0.381 e. The van der Waals surface area contributed by atoms with Crippen LogP contribution in [-0.4, -0.2) is 29.5 Å². The summed E-state index contributed by atoms with van der Waals surface area (Å²) in [5, 5.41) is 13.8. The Morgan fingerprint density at radius 1 is 1.56 bits per heavy atom. The third-order valence-corrected chi connectivity index (χ3v) is 3.90. The second-order valence-corrected chi connectivity index (χ2v) is 5.50. The molecule has 0 aromatic carbocycles. The molecule has 0 aliphatic carbocycles. The fourth-order valence-electron chi connectivity index (χ4n) is 2.14. The standard InChI is InChI=1S/C11H19N3OS/c1-3-10(9-4-5-15-7-9)12-6-11-14-13-8(2)16-11/h9-10,12H,3-7H2,1-2H3. The zero-order chi connectivity index (χ0) is 11.4. The lowest BCUT2D eigenvalue weighted by Crippen LogP contribution is -2.35. The van der Waals surface area contributed by atoms with E-state index in [0.29, 0.717) is 12.0 Å². The Labute approximate surface area is 100 Å². The Bertz CT molecular complexity index is 323. The van der Waals surface area contributed by atoms with Crippen LogP contribution >= 0.6 is 11.3 Å². The van der Waals surface area contributed by atoms with Gasteiger partial charge in [-0.25, -0.2) is 0 Å². The first-order chi connectivity index (χ1) is 7.79. The smallest absolute Gasteiger partial charge is 0.131 e. The van der Waals surface area contributed by atoms with E-state index >= 15 is 0 Å². The van der Waals surface area contributed by atoms with Gasteiger partial charge in [0.05, 0.1) is 6.61 Å². The number of hydrogen-bond donors (Lipinski definition) is 1. The normalized spacial score (nSPS) is 22.5. The van der Waals surface area contributed by atoms with E-state index in [9.17, 15) is 0 Å². The molecule has 2 rings (SSSR count). The van der Waals surface area contributed by atoms with Crippen LogP contribution in [0.2, 0.25) is 0 Å². The summed E-state index contributed by atoms with van der Waals surface area (Å²) in [6.45, 7) is 6.87. The molecule has 90 valence electrons. The van der Waals surface area contributed by atoms with Crippen molar-refractivity contribution < 1.29 is 4.74 Å². The van der Waals surface area contributed by atoms with Crippen molar-refractivity contribution in [2.45, 2.75) is 39.3 Å². The molecule has 1 saturated heterocycles. The summed E-state index contributed by atoms with van der Waals surface area (Å²) >= 11 is 1.67. The maximum Gasteiger partial charge on any atom is 0.131 e. The van der Waals surface area contributed by atoms with Gasteiger partial charge in [0.25, 0.3) is 0 Å². The van der Waals surface area contributed by atoms with Crippen LogP contribution in [0.4, 0.5) is 0 Å². The molecule has 2 heterocycles. The molecule has 1 fully saturated rings. The topological polar surface area (TPSA) is 47.0 Å². The summed E-state index contributed by atoms with van der Waals surface area (Å²) in [7, 11) is 0. The van der Waals surface area contributed by atoms with Gasteiger partial charge in [-0.2, -0.15) is 0 Å². The van der Waals surface area contributed by atoms with Gasteiger partial charge in [0, 0.05) is 19.2 Å². The van der Waals surface area contributed by atoms with Crippen molar-refractivity contribution in [2.24, 2.45) is 5.92 Å². The van der Waals surface area contributed by atoms with Gasteiger partial charge in [-0.15, -0.1) is 21.5 Å². The molecule has 1 aromatic heterocycles. The highest BCUT2D eigenvalue weighted by Crippen LogP contribution is 2.19. The molecule has 0 bridgehead atoms. The molecule has 0 amide bonds. The van der Waals surface area contributed by atoms with Gasteiger partial charge >= 0.3 is 0 Å². The van der Waals surface area contributed by atoms with Crippen molar-refractivity contribution in [2.75, 3.05) is 13.2 Å². The lowest BCUT2D eigenvalue weighted by Gasteiger charge is -2.21. The summed E-state index contributed by atoms with van der Waals surface area (Å²) in [4.78, 5) is 0. The minimum atomic E-state index is 0.548. The third kappa shape index (κ3) is 2.99. The maximum atomic E-state index is 5.43. The van der Waals surface area contributed by atoms with Crippen LogP contribution in [0.1, 0.15) is 29.8 Å². The monoisotopic (exact) mass is 241 g/mol. The Hall–Kier alpha value is -0.520. The van der Waals surface area contributed by atoms with Gasteiger partial charge in [0.1, 0.15) is 10.0 Å². The molecule has 1 aliphatic heterocycles. The molecule has 0 saturated carbocycles. The lowest BCUT2D eigenvalue weighted by atomic mass is 9.97. The van der Waals surface area contributed by atoms with Crippen LogP contribution in [0.15, 0.2) is 0 Å². The van der Waals surface area contributed by atoms with Gasteiger partial charge in [0.2, 0.25) is 0 Å². The zero-order valence-electron chi connectivity index (χ0n) is 9.90. The van der Waals surface area contributed by atoms with E-state index in [1.807, 2.05) is 6.92 Å². The van der Waals surface area contributed by atoms with Crippen molar-refractivity contribution in [3.63, 3.8) is 0 Å². The average molecular weight is 241 g/mol. The molecule has 5 heteroatoms. The van der Waals surface area contributed by atoms with Crippen LogP contribution < -0.4 is 5.32 Å². The molecule has 0 spiro atoms. The fourth-order valence-corrected chi connectivity index (χ4v) is 2.80. The SMILES string of the molecule is CCC(NCc1nnc(C)s1)C1CCOC1. The summed E-state index contributed by atoms with van der Waals surface area (Å²) in [6.07, 6.45) is 2.33. The van der Waals surface area contributed by atoms with Crippen molar-refractivity contribution in [1.82, 2.24) is 15.5 Å². The van der Waals surface area contributed by atoms with E-state index in [2.05, 4.69) is 22.4 Å². The van der Waals surface area contributed by atoms with Crippen molar-refractivity contribution in [3.8, 4) is 0 Å². The average Bonchev–Trinajstić information content (AvgIpc) is 2.91. The second kappa shape index (κ2) is 5.70. The molecule has 0 radical (unpaired) electrons. The van der Waals surface area contributed by atoms with Crippen molar-refractivity contribution >= 4 is 11.3 Å². The number of nitrogens with one attached hydrogen (secondary N) is 1. The van der Waals surface area contributed by atoms with Crippen LogP contribution in [0, 0.1) is 12.8 Å². The van der Waals surface area contributed by atoms with Crippen LogP contribution in [0.5, 0.6) is 0 Å². The first kappa shape index (κ1) is 12.0. The number of aryl methyl sites for hydroxylation is 1. The highest BCUT2D eigenvalue weighted by molar-refractivity contribution is 7.11. The molecule has 16 heavy (non-hydrogen) atoms. The molecular weight excluding hydrogens is 222 g/mol. The Kier molecular flexibility index (Phi) is 4.26. The first-order valence-corrected chi connectivity index (χ1v) is 6.71. The molecule has 2 atom stereocenters. The van der Waals surface area contributed by atoms with Crippen LogP contribution in [0.25, 0.3) is 0 Å². The molecule has 2 unspecified atom stereocenters. The summed E-state index contributed by atoms with van der Waals surface area (Å²) < 4.78 is 5.43. The summed E-state index contributed by atoms with van der Waals surface area (Å²) in [5.41, 5.74) is 0. The summed E-state index contributed by atoms with van der Waals surface area (Å²) in [5.74, 6) is 0.666. The van der Waals surface area contributed by atoms with E-state index < -0.39 is 0 Å². The highest BCUT2D eigenvalue weighted by Gasteiger charge is 2.24. The number of ether oxygens (including phenoxy) is 1. The van der Waals surface area contributed by atoms with Gasteiger partial charge in [-0.3, -0.25) is 0 Å². The minimum absolute atomic E-state index is 0.548. The highest BCUT2D eigenvalue weighted by atomic mass is 32.1. The quantitative estimate of drug-likeness (QED) is 0.853. The molecular formula is C11H19N3OS. The summed E-state index contributed by atoms with van der Waals surface area (Å²) in [6, 6.07) is 0.548. The lowest BCUT2D eigenvalue weighted by molar-refractivity contribution is 0.175. The molecule has 1 N–H and O–H groups in total. The zero-order valence-corrected chi connectivity index (χ0v) is 10.7. The van der Waals surface area contributed by atoms with Gasteiger partial charge in [-0.05, 0) is 25.7 Å². The van der Waals surface area contributed by atoms with E-state index in [1.165, 1.54) is 6.42 Å². The number of nitrogens with zero attached hydrogens (tertiary/aromatic N) is 2. The van der Waals surface area contributed by atoms with Gasteiger partial charge in [-0.1, -0.05) is 6.92 Å². The van der Waals surface area contributed by atoms with Crippen molar-refractivity contribution in [1.29, 1.82) is 0 Å². The van der Waals surface area contributed by atoms with Gasteiger partial charge in [0.15, 0.2) is 0 Å². The Morgan fingerprint density at radius 3 is 3.00 bits per heavy atom. The van der Waals surface area contributed by atoms with E-state index in [-0.39, 0.29) is 0 Å². The predicted octanol–water partition coefficient (Wildman–Crippen LogP) is 1.75. The fraction of sp³-hybridized carbons (Fsp3) is 0.818. The number of aromatic nitrogens is 2. The third-order valence-electron chi connectivity index (χ3n) is 3.06. The first-order valence-electron chi connectivity index (χ1n) is 5.89. The Morgan fingerprint density at radius 2 is 2.44 bits per heavy atom. The molecule has 1 aliphatic rings. The van der Waals surface area contributed by atoms with E-state index in [4.69, 9.17) is 4.74 Å². The molecule has 4 nitrogen and oxygen atoms in total. The van der Waals surface area contributed by atoms with E-state index in [1.54, 1.807) is 11.3 Å². The van der Waals surface area contributed by atoms with Crippen molar-refractivity contribution in [3.05, 3.63) is 10.0 Å². The predicted molar refractivity (Wildman–Crippen MR) is 64.5 cm³/mol.